The number of hydrogen-bond donors (Lipinski definition) is 0. The number of thiazole rings is 1. The van der Waals surface area contributed by atoms with E-state index in [9.17, 15) is 9.59 Å². The molecule has 5 nitrogen and oxygen atoms in total. The van der Waals surface area contributed by atoms with Gasteiger partial charge in [0.2, 0.25) is 11.8 Å². The van der Waals surface area contributed by atoms with Crippen LogP contribution in [0.25, 0.3) is 6.08 Å². The van der Waals surface area contributed by atoms with E-state index in [0.717, 1.165) is 15.7 Å². The molecule has 0 saturated heterocycles. The first-order valence-corrected chi connectivity index (χ1v) is 10.6. The number of benzene rings is 2. The van der Waals surface area contributed by atoms with E-state index >= 15 is 0 Å². The molecule has 2 aromatic carbocycles. The Morgan fingerprint density at radius 3 is 2.45 bits per heavy atom. The molecule has 0 unspecified atom stereocenters. The SMILES string of the molecule is CC(=O)N(c1ccccc1)c1nc(C=CC(=O)N(C)Cc2ccc(Br)cc2)cs1. The maximum Gasteiger partial charge on any atom is 0.246 e. The van der Waals surface area contributed by atoms with E-state index in [1.165, 1.54) is 24.3 Å². The molecule has 0 aliphatic carbocycles. The van der Waals surface area contributed by atoms with Crippen LogP contribution in [0.3, 0.4) is 0 Å². The average Bonchev–Trinajstić information content (AvgIpc) is 3.17. The van der Waals surface area contributed by atoms with Crippen molar-refractivity contribution in [1.29, 1.82) is 0 Å². The van der Waals surface area contributed by atoms with Gasteiger partial charge in [0, 0.05) is 36.4 Å². The summed E-state index contributed by atoms with van der Waals surface area (Å²) in [5.74, 6) is -0.236. The second-order valence-corrected chi connectivity index (χ2v) is 8.15. The van der Waals surface area contributed by atoms with Crippen molar-refractivity contribution in [3.05, 3.63) is 81.8 Å². The third-order valence-corrected chi connectivity index (χ3v) is 5.51. The summed E-state index contributed by atoms with van der Waals surface area (Å²) >= 11 is 4.76. The molecule has 1 aromatic heterocycles. The number of para-hydroxylation sites is 1. The Morgan fingerprint density at radius 2 is 1.79 bits per heavy atom. The lowest BCUT2D eigenvalue weighted by Crippen LogP contribution is -2.24. The van der Waals surface area contributed by atoms with Crippen LogP contribution in [-0.2, 0) is 16.1 Å². The molecule has 0 saturated carbocycles. The first-order chi connectivity index (χ1) is 13.9. The Labute approximate surface area is 182 Å². The number of rotatable bonds is 6. The lowest BCUT2D eigenvalue weighted by Gasteiger charge is -2.17. The minimum atomic E-state index is -0.119. The zero-order valence-electron chi connectivity index (χ0n) is 16.1. The van der Waals surface area contributed by atoms with Crippen molar-refractivity contribution >= 4 is 56.0 Å². The van der Waals surface area contributed by atoms with Crippen molar-refractivity contribution in [3.8, 4) is 0 Å². The predicted molar refractivity (Wildman–Crippen MR) is 121 cm³/mol. The van der Waals surface area contributed by atoms with Crippen molar-refractivity contribution in [1.82, 2.24) is 9.88 Å². The molecule has 148 valence electrons. The van der Waals surface area contributed by atoms with Crippen LogP contribution in [-0.4, -0.2) is 28.7 Å². The van der Waals surface area contributed by atoms with Crippen LogP contribution in [0.2, 0.25) is 0 Å². The van der Waals surface area contributed by atoms with Gasteiger partial charge in [-0.15, -0.1) is 11.3 Å². The van der Waals surface area contributed by atoms with E-state index in [1.54, 1.807) is 22.9 Å². The quantitative estimate of drug-likeness (QED) is 0.462. The van der Waals surface area contributed by atoms with Crippen molar-refractivity contribution in [2.75, 3.05) is 11.9 Å². The first kappa shape index (κ1) is 21.0. The fourth-order valence-electron chi connectivity index (χ4n) is 2.68. The topological polar surface area (TPSA) is 53.5 Å². The van der Waals surface area contributed by atoms with Crippen LogP contribution < -0.4 is 4.90 Å². The molecule has 0 atom stereocenters. The zero-order chi connectivity index (χ0) is 20.8. The van der Waals surface area contributed by atoms with Gasteiger partial charge < -0.3 is 4.90 Å². The van der Waals surface area contributed by atoms with Gasteiger partial charge in [-0.2, -0.15) is 0 Å². The fourth-order valence-corrected chi connectivity index (χ4v) is 3.80. The summed E-state index contributed by atoms with van der Waals surface area (Å²) in [6.45, 7) is 2.02. The van der Waals surface area contributed by atoms with E-state index in [0.29, 0.717) is 17.4 Å². The fraction of sp³-hybridized carbons (Fsp3) is 0.136. The van der Waals surface area contributed by atoms with Crippen molar-refractivity contribution in [2.45, 2.75) is 13.5 Å². The lowest BCUT2D eigenvalue weighted by atomic mass is 10.2. The highest BCUT2D eigenvalue weighted by Crippen LogP contribution is 2.29. The summed E-state index contributed by atoms with van der Waals surface area (Å²) in [6, 6.07) is 17.2. The summed E-state index contributed by atoms with van der Waals surface area (Å²) in [7, 11) is 1.76. The zero-order valence-corrected chi connectivity index (χ0v) is 18.5. The number of aromatic nitrogens is 1. The summed E-state index contributed by atoms with van der Waals surface area (Å²) in [5.41, 5.74) is 2.45. The molecular weight excluding hydrogens is 450 g/mol. The van der Waals surface area contributed by atoms with Crippen LogP contribution >= 0.6 is 27.3 Å². The minimum absolute atomic E-state index is 0.117. The van der Waals surface area contributed by atoms with Crippen molar-refractivity contribution in [2.24, 2.45) is 0 Å². The van der Waals surface area contributed by atoms with Gasteiger partial charge in [-0.1, -0.05) is 46.3 Å². The van der Waals surface area contributed by atoms with Gasteiger partial charge in [-0.25, -0.2) is 4.98 Å². The van der Waals surface area contributed by atoms with Crippen LogP contribution in [0.1, 0.15) is 18.2 Å². The molecule has 0 fully saturated rings. The van der Waals surface area contributed by atoms with Crippen molar-refractivity contribution < 1.29 is 9.59 Å². The highest BCUT2D eigenvalue weighted by molar-refractivity contribution is 9.10. The largest absolute Gasteiger partial charge is 0.338 e. The smallest absolute Gasteiger partial charge is 0.246 e. The Balaban J connectivity index is 1.68. The molecular formula is C22H20BrN3O2S. The Kier molecular flexibility index (Phi) is 6.95. The maximum atomic E-state index is 12.4. The highest BCUT2D eigenvalue weighted by atomic mass is 79.9. The van der Waals surface area contributed by atoms with Gasteiger partial charge >= 0.3 is 0 Å². The number of halogens is 1. The van der Waals surface area contributed by atoms with E-state index in [4.69, 9.17) is 0 Å². The van der Waals surface area contributed by atoms with Gasteiger partial charge in [0.05, 0.1) is 11.4 Å². The number of hydrogen-bond acceptors (Lipinski definition) is 4. The monoisotopic (exact) mass is 469 g/mol. The molecule has 0 bridgehead atoms. The summed E-state index contributed by atoms with van der Waals surface area (Å²) in [5, 5.41) is 2.39. The van der Waals surface area contributed by atoms with E-state index in [2.05, 4.69) is 20.9 Å². The predicted octanol–water partition coefficient (Wildman–Crippen LogP) is 5.26. The minimum Gasteiger partial charge on any atom is -0.338 e. The summed E-state index contributed by atoms with van der Waals surface area (Å²) in [6.07, 6.45) is 3.17. The number of likely N-dealkylation sites (N-methyl/N-ethyl adjacent to an activating group) is 1. The van der Waals surface area contributed by atoms with Crippen LogP contribution in [0.5, 0.6) is 0 Å². The number of carbonyl (C=O) groups excluding carboxylic acids is 2. The van der Waals surface area contributed by atoms with Gasteiger partial charge in [0.25, 0.3) is 0 Å². The number of amides is 2. The maximum absolute atomic E-state index is 12.4. The standard InChI is InChI=1S/C22H20BrN3O2S/c1-16(27)26(20-6-4-3-5-7-20)22-24-19(15-29-22)12-13-21(28)25(2)14-17-8-10-18(23)11-9-17/h3-13,15H,14H2,1-2H3. The van der Waals surface area contributed by atoms with Gasteiger partial charge in [0.1, 0.15) is 0 Å². The van der Waals surface area contributed by atoms with Crippen LogP contribution in [0.4, 0.5) is 10.8 Å². The Hall–Kier alpha value is -2.77. The lowest BCUT2D eigenvalue weighted by molar-refractivity contribution is -0.125. The normalized spacial score (nSPS) is 10.9. The second-order valence-electron chi connectivity index (χ2n) is 6.40. The van der Waals surface area contributed by atoms with Gasteiger partial charge in [0.15, 0.2) is 5.13 Å². The molecule has 0 aliphatic rings. The Bertz CT molecular complexity index is 1020. The van der Waals surface area contributed by atoms with E-state index in [-0.39, 0.29) is 11.8 Å². The molecule has 29 heavy (non-hydrogen) atoms. The Morgan fingerprint density at radius 1 is 1.10 bits per heavy atom. The van der Waals surface area contributed by atoms with Gasteiger partial charge in [-0.3, -0.25) is 14.5 Å². The number of carbonyl (C=O) groups is 2. The van der Waals surface area contributed by atoms with Crippen LogP contribution in [0, 0.1) is 0 Å². The number of anilines is 2. The third-order valence-electron chi connectivity index (χ3n) is 4.14. The molecule has 0 aliphatic heterocycles. The second kappa shape index (κ2) is 9.62. The van der Waals surface area contributed by atoms with Gasteiger partial charge in [-0.05, 0) is 35.9 Å². The number of nitrogens with zero attached hydrogens (tertiary/aromatic N) is 3. The summed E-state index contributed by atoms with van der Waals surface area (Å²) in [4.78, 5) is 32.2. The molecule has 3 aromatic rings. The van der Waals surface area contributed by atoms with E-state index in [1.807, 2.05) is 60.0 Å². The summed E-state index contributed by atoms with van der Waals surface area (Å²) < 4.78 is 1.00. The third kappa shape index (κ3) is 5.62. The highest BCUT2D eigenvalue weighted by Gasteiger charge is 2.17. The first-order valence-electron chi connectivity index (χ1n) is 8.93. The molecule has 7 heteroatoms. The molecule has 1 heterocycles. The average molecular weight is 470 g/mol. The van der Waals surface area contributed by atoms with Crippen LogP contribution in [0.15, 0.2) is 70.5 Å². The molecule has 3 rings (SSSR count). The molecule has 0 radical (unpaired) electrons. The molecule has 0 N–H and O–H groups in total. The molecule has 0 spiro atoms. The molecule has 2 amide bonds. The van der Waals surface area contributed by atoms with E-state index < -0.39 is 0 Å². The van der Waals surface area contributed by atoms with Crippen molar-refractivity contribution in [3.63, 3.8) is 0 Å².